The summed E-state index contributed by atoms with van der Waals surface area (Å²) in [5, 5.41) is 27.3. The lowest BCUT2D eigenvalue weighted by atomic mass is 9.92. The van der Waals surface area contributed by atoms with Gasteiger partial charge in [-0.15, -0.1) is 0 Å². The van der Waals surface area contributed by atoms with Crippen molar-refractivity contribution in [2.75, 3.05) is 0 Å². The quantitative estimate of drug-likeness (QED) is 0.666. The van der Waals surface area contributed by atoms with Crippen LogP contribution in [0.3, 0.4) is 0 Å². The molecule has 1 rings (SSSR count). The van der Waals surface area contributed by atoms with E-state index in [1.807, 2.05) is 24.3 Å². The third-order valence-electron chi connectivity index (χ3n) is 2.58. The Bertz CT molecular complexity index is 442. The zero-order chi connectivity index (χ0) is 13.8. The minimum atomic E-state index is -2.21. The fraction of sp³-hybridized carbons (Fsp3) is 0.333. The largest absolute Gasteiger partial charge is 0.481 e. The van der Waals surface area contributed by atoms with Crippen LogP contribution in [0.1, 0.15) is 18.4 Å². The number of carboxylic acids is 2. The molecular weight excluding hydrogens is 351 g/mol. The molecule has 98 valence electrons. The van der Waals surface area contributed by atoms with Crippen LogP contribution in [0.5, 0.6) is 0 Å². The second-order valence-electron chi connectivity index (χ2n) is 4.03. The Balaban J connectivity index is 2.71. The molecular formula is C12H13IO5. The number of carboxylic acid groups (broad SMARTS) is 2. The molecule has 0 saturated carbocycles. The summed E-state index contributed by atoms with van der Waals surface area (Å²) in [5.74, 6) is -2.84. The lowest BCUT2D eigenvalue weighted by molar-refractivity contribution is -0.166. The van der Waals surface area contributed by atoms with E-state index in [-0.39, 0.29) is 6.42 Å². The van der Waals surface area contributed by atoms with Crippen molar-refractivity contribution in [2.45, 2.75) is 24.9 Å². The Hall–Kier alpha value is -1.15. The first-order valence-electron chi connectivity index (χ1n) is 5.25. The van der Waals surface area contributed by atoms with Crippen LogP contribution < -0.4 is 0 Å². The zero-order valence-electron chi connectivity index (χ0n) is 9.47. The average molecular weight is 364 g/mol. The highest BCUT2D eigenvalue weighted by Gasteiger charge is 2.37. The molecule has 0 aliphatic carbocycles. The highest BCUT2D eigenvalue weighted by molar-refractivity contribution is 14.1. The molecule has 0 bridgehead atoms. The van der Waals surface area contributed by atoms with Crippen LogP contribution in [-0.2, 0) is 16.0 Å². The van der Waals surface area contributed by atoms with Crippen molar-refractivity contribution in [1.82, 2.24) is 0 Å². The van der Waals surface area contributed by atoms with Gasteiger partial charge in [0.2, 0.25) is 0 Å². The van der Waals surface area contributed by atoms with Crippen LogP contribution in [-0.4, -0.2) is 32.9 Å². The molecule has 6 heteroatoms. The molecule has 0 fully saturated rings. The van der Waals surface area contributed by atoms with E-state index in [0.717, 1.165) is 9.13 Å². The smallest absolute Gasteiger partial charge is 0.336 e. The SMILES string of the molecule is O=C(O)C[C@@](O)(CCc1ccc(I)cc1)C(=O)O. The number of aliphatic hydroxyl groups is 1. The van der Waals surface area contributed by atoms with Gasteiger partial charge in [-0.25, -0.2) is 4.79 Å². The molecule has 0 amide bonds. The molecule has 0 saturated heterocycles. The van der Waals surface area contributed by atoms with Gasteiger partial charge in [-0.3, -0.25) is 4.79 Å². The topological polar surface area (TPSA) is 94.8 Å². The van der Waals surface area contributed by atoms with E-state index in [0.29, 0.717) is 6.42 Å². The highest BCUT2D eigenvalue weighted by atomic mass is 127. The third-order valence-corrected chi connectivity index (χ3v) is 3.30. The summed E-state index contributed by atoms with van der Waals surface area (Å²) in [6.45, 7) is 0. The number of aliphatic carboxylic acids is 2. The summed E-state index contributed by atoms with van der Waals surface area (Å²) < 4.78 is 1.05. The molecule has 0 aliphatic rings. The first-order valence-corrected chi connectivity index (χ1v) is 6.33. The standard InChI is InChI=1S/C12H13IO5/c13-9-3-1-8(2-4-9)5-6-12(18,11(16)17)7-10(14)15/h1-4,18H,5-7H2,(H,14,15)(H,16,17)/t12-/m0/s1. The van der Waals surface area contributed by atoms with Crippen LogP contribution >= 0.6 is 22.6 Å². The Morgan fingerprint density at radius 2 is 1.72 bits per heavy atom. The van der Waals surface area contributed by atoms with Gasteiger partial charge in [0, 0.05) is 3.57 Å². The van der Waals surface area contributed by atoms with E-state index in [9.17, 15) is 14.7 Å². The minimum Gasteiger partial charge on any atom is -0.481 e. The van der Waals surface area contributed by atoms with Crippen molar-refractivity contribution in [2.24, 2.45) is 0 Å². The highest BCUT2D eigenvalue weighted by Crippen LogP contribution is 2.19. The maximum absolute atomic E-state index is 10.9. The summed E-state index contributed by atoms with van der Waals surface area (Å²) in [6.07, 6.45) is -0.616. The van der Waals surface area contributed by atoms with Gasteiger partial charge in [-0.05, 0) is 53.1 Å². The molecule has 1 aromatic rings. The fourth-order valence-corrected chi connectivity index (χ4v) is 1.88. The van der Waals surface area contributed by atoms with Crippen LogP contribution in [0.25, 0.3) is 0 Å². The molecule has 3 N–H and O–H groups in total. The average Bonchev–Trinajstić information content (AvgIpc) is 2.27. The molecule has 5 nitrogen and oxygen atoms in total. The third kappa shape index (κ3) is 4.26. The Morgan fingerprint density at radius 3 is 2.17 bits per heavy atom. The predicted octanol–water partition coefficient (Wildman–Crippen LogP) is 1.51. The van der Waals surface area contributed by atoms with Gasteiger partial charge in [0.05, 0.1) is 6.42 Å². The van der Waals surface area contributed by atoms with Gasteiger partial charge in [0.25, 0.3) is 0 Å². The van der Waals surface area contributed by atoms with Crippen LogP contribution in [0.15, 0.2) is 24.3 Å². The van der Waals surface area contributed by atoms with Gasteiger partial charge in [0.1, 0.15) is 0 Å². The number of benzene rings is 1. The second kappa shape index (κ2) is 6.14. The number of rotatable bonds is 6. The number of aryl methyl sites for hydroxylation is 1. The van der Waals surface area contributed by atoms with Gasteiger partial charge < -0.3 is 15.3 Å². The van der Waals surface area contributed by atoms with E-state index in [4.69, 9.17) is 10.2 Å². The van der Waals surface area contributed by atoms with Crippen molar-refractivity contribution in [3.05, 3.63) is 33.4 Å². The molecule has 0 aliphatic heterocycles. The maximum atomic E-state index is 10.9. The van der Waals surface area contributed by atoms with E-state index < -0.39 is 24.0 Å². The van der Waals surface area contributed by atoms with Crippen LogP contribution in [0.2, 0.25) is 0 Å². The van der Waals surface area contributed by atoms with Crippen LogP contribution in [0.4, 0.5) is 0 Å². The van der Waals surface area contributed by atoms with Gasteiger partial charge in [-0.1, -0.05) is 12.1 Å². The molecule has 0 unspecified atom stereocenters. The maximum Gasteiger partial charge on any atom is 0.336 e. The molecule has 0 aromatic heterocycles. The summed E-state index contributed by atoms with van der Waals surface area (Å²) in [4.78, 5) is 21.5. The van der Waals surface area contributed by atoms with E-state index in [2.05, 4.69) is 22.6 Å². The lowest BCUT2D eigenvalue weighted by Gasteiger charge is -2.21. The van der Waals surface area contributed by atoms with Gasteiger partial charge in [-0.2, -0.15) is 0 Å². The number of carbonyl (C=O) groups is 2. The molecule has 18 heavy (non-hydrogen) atoms. The Kier molecular flexibility index (Phi) is 5.09. The van der Waals surface area contributed by atoms with Crippen molar-refractivity contribution in [3.63, 3.8) is 0 Å². The van der Waals surface area contributed by atoms with E-state index >= 15 is 0 Å². The van der Waals surface area contributed by atoms with Crippen molar-refractivity contribution < 1.29 is 24.9 Å². The summed E-state index contributed by atoms with van der Waals surface area (Å²) in [7, 11) is 0. The monoisotopic (exact) mass is 364 g/mol. The molecule has 1 aromatic carbocycles. The zero-order valence-corrected chi connectivity index (χ0v) is 11.6. The van der Waals surface area contributed by atoms with E-state index in [1.54, 1.807) is 0 Å². The first kappa shape index (κ1) is 14.9. The first-order chi connectivity index (χ1) is 8.33. The van der Waals surface area contributed by atoms with Crippen molar-refractivity contribution >= 4 is 34.5 Å². The predicted molar refractivity (Wildman–Crippen MR) is 72.3 cm³/mol. The molecule has 1 atom stereocenters. The minimum absolute atomic E-state index is 0.130. The number of hydrogen-bond donors (Lipinski definition) is 3. The summed E-state index contributed by atoms with van der Waals surface area (Å²) >= 11 is 2.15. The molecule has 0 heterocycles. The number of hydrogen-bond acceptors (Lipinski definition) is 3. The van der Waals surface area contributed by atoms with Crippen LogP contribution in [0, 0.1) is 3.57 Å². The molecule has 0 radical (unpaired) electrons. The Labute approximate surface area is 118 Å². The van der Waals surface area contributed by atoms with Gasteiger partial charge in [0.15, 0.2) is 5.60 Å². The molecule has 0 spiro atoms. The summed E-state index contributed by atoms with van der Waals surface area (Å²) in [6, 6.07) is 7.38. The van der Waals surface area contributed by atoms with Gasteiger partial charge >= 0.3 is 11.9 Å². The normalized spacial score (nSPS) is 13.9. The van der Waals surface area contributed by atoms with Crippen molar-refractivity contribution in [3.8, 4) is 0 Å². The second-order valence-corrected chi connectivity index (χ2v) is 5.28. The lowest BCUT2D eigenvalue weighted by Crippen LogP contribution is -2.41. The Morgan fingerprint density at radius 1 is 1.17 bits per heavy atom. The summed E-state index contributed by atoms with van der Waals surface area (Å²) in [5.41, 5.74) is -1.35. The van der Waals surface area contributed by atoms with Crippen molar-refractivity contribution in [1.29, 1.82) is 0 Å². The van der Waals surface area contributed by atoms with E-state index in [1.165, 1.54) is 0 Å². The number of halogens is 1. The fourth-order valence-electron chi connectivity index (χ4n) is 1.52.